The number of anilines is 1. The Hall–Kier alpha value is -1.86. The molecular weight excluding hydrogens is 358 g/mol. The zero-order valence-corrected chi connectivity index (χ0v) is 13.2. The van der Waals surface area contributed by atoms with E-state index in [1.807, 2.05) is 0 Å². The maximum Gasteiger partial charge on any atom is 0.337 e. The van der Waals surface area contributed by atoms with Crippen LogP contribution in [0.15, 0.2) is 53.0 Å². The molecule has 0 radical (unpaired) electrons. The highest BCUT2D eigenvalue weighted by atomic mass is 79.9. The third-order valence-electron chi connectivity index (χ3n) is 2.70. The summed E-state index contributed by atoms with van der Waals surface area (Å²) in [5.41, 5.74) is 0.538. The van der Waals surface area contributed by atoms with Gasteiger partial charge in [0.15, 0.2) is 0 Å². The third kappa shape index (κ3) is 4.05. The van der Waals surface area contributed by atoms with Crippen molar-refractivity contribution in [3.05, 3.63) is 64.1 Å². The van der Waals surface area contributed by atoms with Gasteiger partial charge in [-0.25, -0.2) is 13.2 Å². The highest BCUT2D eigenvalue weighted by Crippen LogP contribution is 2.28. The summed E-state index contributed by atoms with van der Waals surface area (Å²) in [6.45, 7) is 0. The lowest BCUT2D eigenvalue weighted by molar-refractivity contribution is 0.0698. The zero-order chi connectivity index (χ0) is 15.5. The van der Waals surface area contributed by atoms with Crippen LogP contribution in [0.5, 0.6) is 0 Å². The Morgan fingerprint density at radius 2 is 1.76 bits per heavy atom. The normalized spacial score (nSPS) is 11.1. The van der Waals surface area contributed by atoms with Crippen molar-refractivity contribution < 1.29 is 18.3 Å². The van der Waals surface area contributed by atoms with Crippen LogP contribution < -0.4 is 4.72 Å². The number of rotatable bonds is 5. The quantitative estimate of drug-likeness (QED) is 0.847. The first kappa shape index (κ1) is 15.5. The van der Waals surface area contributed by atoms with Crippen LogP contribution in [-0.4, -0.2) is 19.5 Å². The van der Waals surface area contributed by atoms with Gasteiger partial charge in [0.1, 0.15) is 0 Å². The van der Waals surface area contributed by atoms with Crippen molar-refractivity contribution in [2.24, 2.45) is 0 Å². The summed E-state index contributed by atoms with van der Waals surface area (Å²) in [5.74, 6) is -1.43. The molecular formula is C14H12BrNO4S. The molecule has 0 unspecified atom stereocenters. The van der Waals surface area contributed by atoms with E-state index in [4.69, 9.17) is 5.11 Å². The van der Waals surface area contributed by atoms with Crippen molar-refractivity contribution in [2.75, 3.05) is 4.72 Å². The number of aromatic carboxylic acids is 1. The van der Waals surface area contributed by atoms with Gasteiger partial charge in [0.05, 0.1) is 17.0 Å². The molecule has 110 valence electrons. The molecule has 2 aromatic rings. The van der Waals surface area contributed by atoms with Crippen molar-refractivity contribution in [3.8, 4) is 0 Å². The Labute approximate surface area is 130 Å². The van der Waals surface area contributed by atoms with Crippen molar-refractivity contribution in [2.45, 2.75) is 5.75 Å². The minimum atomic E-state index is -3.71. The number of hydrogen-bond donors (Lipinski definition) is 2. The molecule has 7 heteroatoms. The number of nitrogens with one attached hydrogen (secondary N) is 1. The average molecular weight is 370 g/mol. The van der Waals surface area contributed by atoms with Crippen molar-refractivity contribution >= 4 is 37.6 Å². The molecule has 2 aromatic carbocycles. The fourth-order valence-corrected chi connectivity index (χ4v) is 3.62. The summed E-state index contributed by atoms with van der Waals surface area (Å²) in [7, 11) is -3.71. The van der Waals surface area contributed by atoms with E-state index in [-0.39, 0.29) is 17.0 Å². The van der Waals surface area contributed by atoms with Crippen LogP contribution in [0.4, 0.5) is 5.69 Å². The first-order chi connectivity index (χ1) is 9.89. The molecule has 0 aromatic heterocycles. The van der Waals surface area contributed by atoms with Gasteiger partial charge in [-0.15, -0.1) is 0 Å². The third-order valence-corrected chi connectivity index (χ3v) is 4.59. The lowest BCUT2D eigenvalue weighted by Crippen LogP contribution is -2.17. The Bertz CT molecular complexity index is 760. The second-order valence-electron chi connectivity index (χ2n) is 4.31. The van der Waals surface area contributed by atoms with Crippen molar-refractivity contribution in [3.63, 3.8) is 0 Å². The van der Waals surface area contributed by atoms with E-state index in [1.54, 1.807) is 36.4 Å². The molecule has 2 N–H and O–H groups in total. The second kappa shape index (κ2) is 6.28. The molecule has 0 aliphatic heterocycles. The summed E-state index contributed by atoms with van der Waals surface area (Å²) < 4.78 is 27.0. The van der Waals surface area contributed by atoms with Crippen molar-refractivity contribution in [1.29, 1.82) is 0 Å². The molecule has 0 bridgehead atoms. The molecule has 0 spiro atoms. The maximum atomic E-state index is 12.2. The molecule has 0 aliphatic rings. The second-order valence-corrected chi connectivity index (χ2v) is 6.89. The SMILES string of the molecule is O=C(O)c1cccc(Br)c1NS(=O)(=O)Cc1ccccc1. The van der Waals surface area contributed by atoms with E-state index in [2.05, 4.69) is 20.7 Å². The molecule has 0 heterocycles. The Morgan fingerprint density at radius 3 is 2.38 bits per heavy atom. The molecule has 0 saturated carbocycles. The van der Waals surface area contributed by atoms with Crippen LogP contribution in [0.2, 0.25) is 0 Å². The van der Waals surface area contributed by atoms with Crippen LogP contribution in [0, 0.1) is 0 Å². The molecule has 5 nitrogen and oxygen atoms in total. The number of carboxylic acid groups (broad SMARTS) is 1. The molecule has 0 amide bonds. The Morgan fingerprint density at radius 1 is 1.10 bits per heavy atom. The van der Waals surface area contributed by atoms with E-state index in [9.17, 15) is 13.2 Å². The van der Waals surface area contributed by atoms with Crippen LogP contribution in [0.3, 0.4) is 0 Å². The Balaban J connectivity index is 2.31. The van der Waals surface area contributed by atoms with Crippen molar-refractivity contribution in [1.82, 2.24) is 0 Å². The lowest BCUT2D eigenvalue weighted by Gasteiger charge is -2.12. The number of carboxylic acids is 1. The van der Waals surface area contributed by atoms with Gasteiger partial charge in [0, 0.05) is 4.47 Å². The number of carbonyl (C=O) groups is 1. The summed E-state index contributed by atoms with van der Waals surface area (Å²) >= 11 is 3.16. The number of para-hydroxylation sites is 1. The highest BCUT2D eigenvalue weighted by molar-refractivity contribution is 9.10. The standard InChI is InChI=1S/C14H12BrNO4S/c15-12-8-4-7-11(14(17)18)13(12)16-21(19,20)9-10-5-2-1-3-6-10/h1-8,16H,9H2,(H,17,18). The number of sulfonamides is 1. The predicted molar refractivity (Wildman–Crippen MR) is 83.8 cm³/mol. The van der Waals surface area contributed by atoms with E-state index >= 15 is 0 Å². The summed E-state index contributed by atoms with van der Waals surface area (Å²) in [5, 5.41) is 9.12. The molecule has 0 fully saturated rings. The molecule has 0 atom stereocenters. The molecule has 2 rings (SSSR count). The zero-order valence-electron chi connectivity index (χ0n) is 10.8. The number of halogens is 1. The Kier molecular flexibility index (Phi) is 4.64. The van der Waals surface area contributed by atoms with E-state index in [1.165, 1.54) is 12.1 Å². The molecule has 0 aliphatic carbocycles. The topological polar surface area (TPSA) is 83.5 Å². The highest BCUT2D eigenvalue weighted by Gasteiger charge is 2.19. The lowest BCUT2D eigenvalue weighted by atomic mass is 10.2. The number of benzene rings is 2. The first-order valence-electron chi connectivity index (χ1n) is 5.95. The summed E-state index contributed by atoms with van der Waals surface area (Å²) in [6.07, 6.45) is 0. The number of hydrogen-bond acceptors (Lipinski definition) is 3. The van der Waals surface area contributed by atoms with Gasteiger partial charge in [-0.2, -0.15) is 0 Å². The maximum absolute atomic E-state index is 12.2. The first-order valence-corrected chi connectivity index (χ1v) is 8.40. The van der Waals surface area contributed by atoms with Gasteiger partial charge in [-0.3, -0.25) is 4.72 Å². The van der Waals surface area contributed by atoms with Crippen LogP contribution >= 0.6 is 15.9 Å². The molecule has 0 saturated heterocycles. The van der Waals surface area contributed by atoms with E-state index < -0.39 is 16.0 Å². The van der Waals surface area contributed by atoms with Gasteiger partial charge in [-0.1, -0.05) is 36.4 Å². The van der Waals surface area contributed by atoms with Gasteiger partial charge in [0.2, 0.25) is 10.0 Å². The molecule has 21 heavy (non-hydrogen) atoms. The summed E-state index contributed by atoms with van der Waals surface area (Å²) in [4.78, 5) is 11.2. The predicted octanol–water partition coefficient (Wildman–Crippen LogP) is 3.09. The average Bonchev–Trinajstić information content (AvgIpc) is 2.41. The van der Waals surface area contributed by atoms with Gasteiger partial charge in [-0.05, 0) is 33.6 Å². The monoisotopic (exact) mass is 369 g/mol. The minimum Gasteiger partial charge on any atom is -0.478 e. The van der Waals surface area contributed by atoms with Gasteiger partial charge < -0.3 is 5.11 Å². The van der Waals surface area contributed by atoms with Gasteiger partial charge in [0.25, 0.3) is 0 Å². The fourth-order valence-electron chi connectivity index (χ4n) is 1.79. The van der Waals surface area contributed by atoms with E-state index in [0.29, 0.717) is 10.0 Å². The summed E-state index contributed by atoms with van der Waals surface area (Å²) in [6, 6.07) is 13.1. The minimum absolute atomic E-state index is 0.0286. The van der Waals surface area contributed by atoms with Crippen LogP contribution in [0.1, 0.15) is 15.9 Å². The largest absolute Gasteiger partial charge is 0.478 e. The fraction of sp³-hybridized carbons (Fsp3) is 0.0714. The van der Waals surface area contributed by atoms with E-state index in [0.717, 1.165) is 0 Å². The van der Waals surface area contributed by atoms with Gasteiger partial charge >= 0.3 is 5.97 Å². The van der Waals surface area contributed by atoms with Crippen LogP contribution in [-0.2, 0) is 15.8 Å². The van der Waals surface area contributed by atoms with Crippen LogP contribution in [0.25, 0.3) is 0 Å². The smallest absolute Gasteiger partial charge is 0.337 e.